The summed E-state index contributed by atoms with van der Waals surface area (Å²) in [5, 5.41) is 18.5. The lowest BCUT2D eigenvalue weighted by Gasteiger charge is -2.37. The number of carbonyl (C=O) groups excluding carboxylic acids is 1. The highest BCUT2D eigenvalue weighted by atomic mass is 16.3. The number of benzene rings is 1. The summed E-state index contributed by atoms with van der Waals surface area (Å²) in [5.41, 5.74) is 0.236. The van der Waals surface area contributed by atoms with Gasteiger partial charge in [0.15, 0.2) is 11.5 Å². The molecule has 0 heterocycles. The highest BCUT2D eigenvalue weighted by Gasteiger charge is 2.39. The van der Waals surface area contributed by atoms with Crippen LogP contribution in [0.5, 0.6) is 11.5 Å². The largest absolute Gasteiger partial charge is 0.504 e. The molecule has 1 aliphatic carbocycles. The van der Waals surface area contributed by atoms with Crippen LogP contribution in [0.25, 0.3) is 0 Å². The molecule has 0 bridgehead atoms. The van der Waals surface area contributed by atoms with Gasteiger partial charge in [0, 0.05) is 0 Å². The molecule has 2 N–H and O–H groups in total. The van der Waals surface area contributed by atoms with Crippen LogP contribution in [0.2, 0.25) is 0 Å². The van der Waals surface area contributed by atoms with Crippen LogP contribution in [0.4, 0.5) is 0 Å². The molecule has 1 fully saturated rings. The molecule has 0 amide bonds. The summed E-state index contributed by atoms with van der Waals surface area (Å²) >= 11 is 0. The summed E-state index contributed by atoms with van der Waals surface area (Å²) in [6.07, 6.45) is 4.15. The summed E-state index contributed by atoms with van der Waals surface area (Å²) < 4.78 is 0. The Morgan fingerprint density at radius 3 is 2.47 bits per heavy atom. The van der Waals surface area contributed by atoms with Crippen molar-refractivity contribution in [2.24, 2.45) is 4.99 Å². The standard InChI is InChI=1S/C11H11NO3/c13-7-12-11(4-1-5-11)8-2-3-9(14)10(15)6-8/h2-3,6,14-15H,1,4-5H2. The second kappa shape index (κ2) is 3.41. The molecule has 0 spiro atoms. The van der Waals surface area contributed by atoms with E-state index in [0.717, 1.165) is 24.8 Å². The van der Waals surface area contributed by atoms with Gasteiger partial charge in [0.2, 0.25) is 6.08 Å². The van der Waals surface area contributed by atoms with Gasteiger partial charge in [0.25, 0.3) is 0 Å². The molecule has 0 unspecified atom stereocenters. The highest BCUT2D eigenvalue weighted by Crippen LogP contribution is 2.46. The lowest BCUT2D eigenvalue weighted by molar-refractivity contribution is 0.254. The van der Waals surface area contributed by atoms with Crippen molar-refractivity contribution in [2.45, 2.75) is 24.8 Å². The summed E-state index contributed by atoms with van der Waals surface area (Å²) in [4.78, 5) is 14.1. The van der Waals surface area contributed by atoms with E-state index in [1.54, 1.807) is 12.1 Å². The van der Waals surface area contributed by atoms with Crippen LogP contribution in [-0.2, 0) is 10.3 Å². The molecule has 15 heavy (non-hydrogen) atoms. The second-order valence-electron chi connectivity index (χ2n) is 3.79. The molecule has 1 saturated carbocycles. The Morgan fingerprint density at radius 1 is 1.27 bits per heavy atom. The van der Waals surface area contributed by atoms with Crippen molar-refractivity contribution >= 4 is 6.08 Å². The zero-order valence-electron chi connectivity index (χ0n) is 8.10. The maximum Gasteiger partial charge on any atom is 0.235 e. The zero-order chi connectivity index (χ0) is 10.9. The molecule has 4 heteroatoms. The summed E-state index contributed by atoms with van der Waals surface area (Å²) in [7, 11) is 0. The molecule has 0 radical (unpaired) electrons. The van der Waals surface area contributed by atoms with Crippen molar-refractivity contribution in [1.29, 1.82) is 0 Å². The van der Waals surface area contributed by atoms with Crippen LogP contribution in [0, 0.1) is 0 Å². The first kappa shape index (κ1) is 9.74. The molecule has 1 aromatic rings. The average Bonchev–Trinajstić information content (AvgIpc) is 2.16. The van der Waals surface area contributed by atoms with E-state index in [-0.39, 0.29) is 11.5 Å². The Hall–Kier alpha value is -1.80. The topological polar surface area (TPSA) is 69.9 Å². The van der Waals surface area contributed by atoms with Gasteiger partial charge in [-0.3, -0.25) is 0 Å². The number of isocyanates is 1. The predicted molar refractivity (Wildman–Crippen MR) is 53.4 cm³/mol. The number of hydrogen-bond donors (Lipinski definition) is 2. The number of phenols is 2. The molecule has 4 nitrogen and oxygen atoms in total. The highest BCUT2D eigenvalue weighted by molar-refractivity contribution is 5.46. The number of rotatable bonds is 2. The van der Waals surface area contributed by atoms with Crippen molar-refractivity contribution in [3.63, 3.8) is 0 Å². The van der Waals surface area contributed by atoms with Gasteiger partial charge in [-0.25, -0.2) is 4.79 Å². The van der Waals surface area contributed by atoms with E-state index in [1.807, 2.05) is 0 Å². The first-order valence-corrected chi connectivity index (χ1v) is 4.79. The van der Waals surface area contributed by atoms with Gasteiger partial charge in [-0.2, -0.15) is 4.99 Å². The molecule has 0 saturated heterocycles. The molecular weight excluding hydrogens is 194 g/mol. The minimum Gasteiger partial charge on any atom is -0.504 e. The first-order valence-electron chi connectivity index (χ1n) is 4.79. The molecule has 2 rings (SSSR count). The molecule has 0 aromatic heterocycles. The number of hydrogen-bond acceptors (Lipinski definition) is 4. The van der Waals surface area contributed by atoms with E-state index in [0.29, 0.717) is 0 Å². The van der Waals surface area contributed by atoms with Gasteiger partial charge in [0.05, 0.1) is 5.54 Å². The van der Waals surface area contributed by atoms with E-state index in [1.165, 1.54) is 12.1 Å². The maximum atomic E-state index is 10.3. The van der Waals surface area contributed by atoms with E-state index in [9.17, 15) is 15.0 Å². The third-order valence-corrected chi connectivity index (χ3v) is 2.95. The van der Waals surface area contributed by atoms with Gasteiger partial charge in [-0.1, -0.05) is 6.07 Å². The maximum absolute atomic E-state index is 10.3. The van der Waals surface area contributed by atoms with E-state index in [4.69, 9.17) is 0 Å². The van der Waals surface area contributed by atoms with Crippen molar-refractivity contribution < 1.29 is 15.0 Å². The Balaban J connectivity index is 2.43. The van der Waals surface area contributed by atoms with Crippen LogP contribution in [-0.4, -0.2) is 16.3 Å². The quantitative estimate of drug-likeness (QED) is 0.439. The smallest absolute Gasteiger partial charge is 0.235 e. The monoisotopic (exact) mass is 205 g/mol. The van der Waals surface area contributed by atoms with Crippen LogP contribution in [0.3, 0.4) is 0 Å². The predicted octanol–water partition coefficient (Wildman–Crippen LogP) is 1.81. The van der Waals surface area contributed by atoms with Crippen molar-refractivity contribution in [3.8, 4) is 11.5 Å². The first-order chi connectivity index (χ1) is 7.18. The lowest BCUT2D eigenvalue weighted by atomic mass is 9.72. The number of nitrogens with zero attached hydrogens (tertiary/aromatic N) is 1. The molecule has 1 aliphatic rings. The second-order valence-corrected chi connectivity index (χ2v) is 3.79. The minimum absolute atomic E-state index is 0.164. The zero-order valence-corrected chi connectivity index (χ0v) is 8.10. The number of phenolic OH excluding ortho intramolecular Hbond substituents is 2. The third kappa shape index (κ3) is 1.49. The Kier molecular flexibility index (Phi) is 2.21. The van der Waals surface area contributed by atoms with Gasteiger partial charge < -0.3 is 10.2 Å². The average molecular weight is 205 g/mol. The fourth-order valence-corrected chi connectivity index (χ4v) is 1.88. The van der Waals surface area contributed by atoms with Gasteiger partial charge in [-0.05, 0) is 37.0 Å². The van der Waals surface area contributed by atoms with Crippen LogP contribution in [0.15, 0.2) is 23.2 Å². The summed E-state index contributed by atoms with van der Waals surface area (Å²) in [6.45, 7) is 0. The molecule has 78 valence electrons. The van der Waals surface area contributed by atoms with Crippen molar-refractivity contribution in [2.75, 3.05) is 0 Å². The van der Waals surface area contributed by atoms with E-state index in [2.05, 4.69) is 4.99 Å². The van der Waals surface area contributed by atoms with Crippen LogP contribution >= 0.6 is 0 Å². The molecular formula is C11H11NO3. The third-order valence-electron chi connectivity index (χ3n) is 2.95. The lowest BCUT2D eigenvalue weighted by Crippen LogP contribution is -2.31. The van der Waals surface area contributed by atoms with Crippen molar-refractivity contribution in [1.82, 2.24) is 0 Å². The normalized spacial score (nSPS) is 17.6. The fourth-order valence-electron chi connectivity index (χ4n) is 1.88. The molecule has 1 aromatic carbocycles. The van der Waals surface area contributed by atoms with Gasteiger partial charge in [-0.15, -0.1) is 0 Å². The van der Waals surface area contributed by atoms with E-state index < -0.39 is 5.54 Å². The number of aromatic hydroxyl groups is 2. The Bertz CT molecular complexity index is 431. The molecule has 0 aliphatic heterocycles. The van der Waals surface area contributed by atoms with Gasteiger partial charge in [0.1, 0.15) is 0 Å². The van der Waals surface area contributed by atoms with Gasteiger partial charge >= 0.3 is 0 Å². The Morgan fingerprint density at radius 2 is 2.00 bits per heavy atom. The van der Waals surface area contributed by atoms with Crippen molar-refractivity contribution in [3.05, 3.63) is 23.8 Å². The number of aliphatic imine (C=N–C) groups is 1. The van der Waals surface area contributed by atoms with Crippen LogP contribution in [0.1, 0.15) is 24.8 Å². The minimum atomic E-state index is -0.521. The molecule has 0 atom stereocenters. The fraction of sp³-hybridized carbons (Fsp3) is 0.364. The Labute approximate surface area is 86.9 Å². The summed E-state index contributed by atoms with van der Waals surface area (Å²) in [5.74, 6) is -0.344. The van der Waals surface area contributed by atoms with Crippen LogP contribution < -0.4 is 0 Å². The SMILES string of the molecule is O=C=NC1(c2ccc(O)c(O)c2)CCC1. The van der Waals surface area contributed by atoms with E-state index >= 15 is 0 Å². The summed E-state index contributed by atoms with van der Waals surface area (Å²) in [6, 6.07) is 4.54.